The summed E-state index contributed by atoms with van der Waals surface area (Å²) in [6.07, 6.45) is 1.69. The van der Waals surface area contributed by atoms with Crippen molar-refractivity contribution in [2.45, 2.75) is 19.5 Å². The molecule has 0 aromatic carbocycles. The van der Waals surface area contributed by atoms with Gasteiger partial charge in [0.05, 0.1) is 13.2 Å². The van der Waals surface area contributed by atoms with E-state index in [0.717, 1.165) is 9.88 Å². The Labute approximate surface area is 101 Å². The summed E-state index contributed by atoms with van der Waals surface area (Å²) in [4.78, 5) is 26.9. The predicted octanol–water partition coefficient (Wildman–Crippen LogP) is -0.304. The molecule has 0 aliphatic heterocycles. The van der Waals surface area contributed by atoms with Crippen LogP contribution in [-0.2, 0) is 11.3 Å². The van der Waals surface area contributed by atoms with Crippen molar-refractivity contribution in [1.29, 1.82) is 0 Å². The number of aliphatic hydroxyl groups excluding tert-OH is 1. The molecule has 0 unspecified atom stereocenters. The molecule has 17 heavy (non-hydrogen) atoms. The number of urea groups is 1. The second-order valence-corrected chi connectivity index (χ2v) is 4.58. The molecule has 1 rings (SSSR count). The summed E-state index contributed by atoms with van der Waals surface area (Å²) in [6.45, 7) is 1.47. The van der Waals surface area contributed by atoms with E-state index in [9.17, 15) is 9.59 Å². The molecule has 0 bridgehead atoms. The summed E-state index contributed by atoms with van der Waals surface area (Å²) in [5.74, 6) is -1.28. The Morgan fingerprint density at radius 2 is 2.29 bits per heavy atom. The van der Waals surface area contributed by atoms with Crippen LogP contribution in [0, 0.1) is 6.92 Å². The van der Waals surface area contributed by atoms with Gasteiger partial charge in [-0.3, -0.25) is 0 Å². The van der Waals surface area contributed by atoms with E-state index in [2.05, 4.69) is 15.6 Å². The standard InChI is InChI=1S/C9H13N3O4S/c1-5-2-10-7(17-5)3-11-9(16)12-6(4-13)8(14)15/h2,6,13H,3-4H2,1H3,(H,14,15)(H2,11,12,16)/t6-/m0/s1. The lowest BCUT2D eigenvalue weighted by atomic mass is 10.3. The van der Waals surface area contributed by atoms with Gasteiger partial charge in [0, 0.05) is 11.1 Å². The number of hydrogen-bond donors (Lipinski definition) is 4. The minimum atomic E-state index is -1.30. The number of aryl methyl sites for hydroxylation is 1. The van der Waals surface area contributed by atoms with Gasteiger partial charge >= 0.3 is 12.0 Å². The van der Waals surface area contributed by atoms with Crippen LogP contribution in [0.2, 0.25) is 0 Å². The van der Waals surface area contributed by atoms with Crippen LogP contribution in [0.5, 0.6) is 0 Å². The third-order valence-electron chi connectivity index (χ3n) is 1.86. The molecule has 7 nitrogen and oxygen atoms in total. The Morgan fingerprint density at radius 3 is 2.76 bits per heavy atom. The fourth-order valence-corrected chi connectivity index (χ4v) is 1.76. The summed E-state index contributed by atoms with van der Waals surface area (Å²) in [5, 5.41) is 22.6. The number of thiazole rings is 1. The van der Waals surface area contributed by atoms with Crippen LogP contribution in [-0.4, -0.2) is 39.8 Å². The molecule has 8 heteroatoms. The van der Waals surface area contributed by atoms with E-state index in [4.69, 9.17) is 10.2 Å². The maximum Gasteiger partial charge on any atom is 0.328 e. The first-order valence-electron chi connectivity index (χ1n) is 4.82. The van der Waals surface area contributed by atoms with Gasteiger partial charge in [-0.05, 0) is 6.92 Å². The SMILES string of the molecule is Cc1cnc(CNC(=O)N[C@@H](CO)C(=O)O)s1. The molecule has 1 heterocycles. The number of hydrogen-bond acceptors (Lipinski definition) is 5. The topological polar surface area (TPSA) is 112 Å². The molecule has 0 radical (unpaired) electrons. The highest BCUT2D eigenvalue weighted by Gasteiger charge is 2.18. The molecule has 94 valence electrons. The maximum atomic E-state index is 11.3. The van der Waals surface area contributed by atoms with Crippen molar-refractivity contribution in [1.82, 2.24) is 15.6 Å². The lowest BCUT2D eigenvalue weighted by molar-refractivity contribution is -0.140. The summed E-state index contributed by atoms with van der Waals surface area (Å²) < 4.78 is 0. The van der Waals surface area contributed by atoms with E-state index in [1.54, 1.807) is 6.20 Å². The monoisotopic (exact) mass is 259 g/mol. The van der Waals surface area contributed by atoms with Crippen LogP contribution in [0.4, 0.5) is 4.79 Å². The van der Waals surface area contributed by atoms with Crippen molar-refractivity contribution in [3.63, 3.8) is 0 Å². The number of carbonyl (C=O) groups excluding carboxylic acids is 1. The van der Waals surface area contributed by atoms with E-state index in [-0.39, 0.29) is 6.54 Å². The quantitative estimate of drug-likeness (QED) is 0.580. The van der Waals surface area contributed by atoms with Crippen LogP contribution < -0.4 is 10.6 Å². The Balaban J connectivity index is 2.37. The molecule has 0 aliphatic carbocycles. The predicted molar refractivity (Wildman–Crippen MR) is 60.7 cm³/mol. The fraction of sp³-hybridized carbons (Fsp3) is 0.444. The smallest absolute Gasteiger partial charge is 0.328 e. The van der Waals surface area contributed by atoms with Gasteiger partial charge in [-0.15, -0.1) is 11.3 Å². The van der Waals surface area contributed by atoms with Gasteiger partial charge in [0.2, 0.25) is 0 Å². The van der Waals surface area contributed by atoms with Gasteiger partial charge in [0.25, 0.3) is 0 Å². The molecule has 0 saturated carbocycles. The molecule has 2 amide bonds. The number of carboxylic acid groups (broad SMARTS) is 1. The average Bonchev–Trinajstić information content (AvgIpc) is 2.68. The van der Waals surface area contributed by atoms with Crippen molar-refractivity contribution < 1.29 is 19.8 Å². The number of amides is 2. The highest BCUT2D eigenvalue weighted by molar-refractivity contribution is 7.11. The van der Waals surface area contributed by atoms with Gasteiger partial charge in [-0.1, -0.05) is 0 Å². The van der Waals surface area contributed by atoms with E-state index >= 15 is 0 Å². The largest absolute Gasteiger partial charge is 0.480 e. The molecule has 0 fully saturated rings. The third-order valence-corrected chi connectivity index (χ3v) is 2.77. The Hall–Kier alpha value is -1.67. The molecule has 1 aromatic heterocycles. The number of nitrogens with one attached hydrogen (secondary N) is 2. The molecular formula is C9H13N3O4S. The summed E-state index contributed by atoms with van der Waals surface area (Å²) >= 11 is 1.44. The number of rotatable bonds is 5. The highest BCUT2D eigenvalue weighted by Crippen LogP contribution is 2.10. The summed E-state index contributed by atoms with van der Waals surface area (Å²) in [7, 11) is 0. The number of aliphatic hydroxyl groups is 1. The van der Waals surface area contributed by atoms with Crippen molar-refractivity contribution in [3.05, 3.63) is 16.1 Å². The van der Waals surface area contributed by atoms with Gasteiger partial charge in [0.15, 0.2) is 6.04 Å². The van der Waals surface area contributed by atoms with Gasteiger partial charge in [0.1, 0.15) is 5.01 Å². The molecule has 0 spiro atoms. The minimum absolute atomic E-state index is 0.224. The Bertz CT molecular complexity index is 407. The lowest BCUT2D eigenvalue weighted by Gasteiger charge is -2.11. The van der Waals surface area contributed by atoms with Crippen molar-refractivity contribution in [3.8, 4) is 0 Å². The molecule has 0 aliphatic rings. The van der Waals surface area contributed by atoms with Crippen LogP contribution in [0.3, 0.4) is 0 Å². The summed E-state index contributed by atoms with van der Waals surface area (Å²) in [6, 6.07) is -1.95. The van der Waals surface area contributed by atoms with Gasteiger partial charge in [-0.25, -0.2) is 14.6 Å². The van der Waals surface area contributed by atoms with Gasteiger partial charge < -0.3 is 20.8 Å². The number of aliphatic carboxylic acids is 1. The molecule has 1 atom stereocenters. The third kappa shape index (κ3) is 4.37. The fourth-order valence-electron chi connectivity index (χ4n) is 1.03. The van der Waals surface area contributed by atoms with Crippen LogP contribution >= 0.6 is 11.3 Å². The first-order valence-corrected chi connectivity index (χ1v) is 5.64. The molecule has 1 aromatic rings. The average molecular weight is 259 g/mol. The molecule has 0 saturated heterocycles. The van der Waals surface area contributed by atoms with Crippen molar-refractivity contribution >= 4 is 23.3 Å². The second kappa shape index (κ2) is 6.16. The zero-order valence-corrected chi connectivity index (χ0v) is 9.95. The van der Waals surface area contributed by atoms with Crippen LogP contribution in [0.1, 0.15) is 9.88 Å². The highest BCUT2D eigenvalue weighted by atomic mass is 32.1. The first-order chi connectivity index (χ1) is 8.02. The number of aromatic nitrogens is 1. The maximum absolute atomic E-state index is 11.3. The number of carboxylic acids is 1. The Kier molecular flexibility index (Phi) is 4.85. The minimum Gasteiger partial charge on any atom is -0.480 e. The van der Waals surface area contributed by atoms with E-state index in [1.165, 1.54) is 11.3 Å². The Morgan fingerprint density at radius 1 is 1.59 bits per heavy atom. The zero-order valence-electron chi connectivity index (χ0n) is 9.14. The van der Waals surface area contributed by atoms with Crippen LogP contribution in [0.15, 0.2) is 6.20 Å². The number of carbonyl (C=O) groups is 2. The van der Waals surface area contributed by atoms with Crippen molar-refractivity contribution in [2.75, 3.05) is 6.61 Å². The second-order valence-electron chi connectivity index (χ2n) is 3.27. The summed E-state index contributed by atoms with van der Waals surface area (Å²) in [5.41, 5.74) is 0. The van der Waals surface area contributed by atoms with E-state index in [1.807, 2.05) is 6.92 Å². The number of nitrogens with zero attached hydrogens (tertiary/aromatic N) is 1. The zero-order chi connectivity index (χ0) is 12.8. The molecular weight excluding hydrogens is 246 g/mol. The molecule has 4 N–H and O–H groups in total. The van der Waals surface area contributed by atoms with E-state index < -0.39 is 24.6 Å². The van der Waals surface area contributed by atoms with E-state index in [0.29, 0.717) is 0 Å². The lowest BCUT2D eigenvalue weighted by Crippen LogP contribution is -2.47. The normalized spacial score (nSPS) is 11.9. The van der Waals surface area contributed by atoms with Crippen LogP contribution in [0.25, 0.3) is 0 Å². The van der Waals surface area contributed by atoms with Gasteiger partial charge in [-0.2, -0.15) is 0 Å². The first kappa shape index (κ1) is 13.4. The van der Waals surface area contributed by atoms with Crippen molar-refractivity contribution in [2.24, 2.45) is 0 Å².